The summed E-state index contributed by atoms with van der Waals surface area (Å²) in [6.07, 6.45) is 4.97. The summed E-state index contributed by atoms with van der Waals surface area (Å²) in [4.78, 5) is 0. The Morgan fingerprint density at radius 1 is 1.57 bits per heavy atom. The lowest BCUT2D eigenvalue weighted by atomic mass is 10.1. The van der Waals surface area contributed by atoms with Gasteiger partial charge < -0.3 is 10.5 Å². The van der Waals surface area contributed by atoms with Crippen molar-refractivity contribution in [3.8, 4) is 0 Å². The van der Waals surface area contributed by atoms with E-state index in [0.717, 1.165) is 12.8 Å². The van der Waals surface area contributed by atoms with Crippen molar-refractivity contribution < 1.29 is 13.2 Å². The lowest BCUT2D eigenvalue weighted by Crippen LogP contribution is -2.40. The van der Waals surface area contributed by atoms with E-state index in [9.17, 15) is 8.42 Å². The number of hydrogen-bond acceptors (Lipinski definition) is 4. The minimum absolute atomic E-state index is 0.537. The van der Waals surface area contributed by atoms with Crippen LogP contribution < -0.4 is 5.73 Å². The van der Waals surface area contributed by atoms with Gasteiger partial charge in [0.15, 0.2) is 9.84 Å². The molecule has 0 radical (unpaired) electrons. The molecule has 2 unspecified atom stereocenters. The van der Waals surface area contributed by atoms with Gasteiger partial charge in [-0.2, -0.15) is 0 Å². The van der Waals surface area contributed by atoms with E-state index in [0.29, 0.717) is 12.4 Å². The molecule has 0 spiro atoms. The van der Waals surface area contributed by atoms with Crippen LogP contribution in [0.15, 0.2) is 11.8 Å². The maximum absolute atomic E-state index is 11.3. The normalized spacial score (nSPS) is 22.1. The summed E-state index contributed by atoms with van der Waals surface area (Å²) in [5.74, 6) is 0.620. The van der Waals surface area contributed by atoms with E-state index in [2.05, 4.69) is 0 Å². The Morgan fingerprint density at radius 3 is 2.64 bits per heavy atom. The van der Waals surface area contributed by atoms with Crippen LogP contribution in [0.25, 0.3) is 0 Å². The van der Waals surface area contributed by atoms with Crippen molar-refractivity contribution in [1.82, 2.24) is 0 Å². The maximum Gasteiger partial charge on any atom is 0.152 e. The van der Waals surface area contributed by atoms with E-state index in [1.54, 1.807) is 6.92 Å². The zero-order valence-corrected chi connectivity index (χ0v) is 9.38. The largest absolute Gasteiger partial charge is 0.497 e. The fraction of sp³-hybridized carbons (Fsp3) is 0.778. The number of sulfone groups is 1. The second kappa shape index (κ2) is 4.31. The van der Waals surface area contributed by atoms with Crippen LogP contribution in [0.4, 0.5) is 0 Å². The van der Waals surface area contributed by atoms with Crippen LogP contribution >= 0.6 is 0 Å². The summed E-state index contributed by atoms with van der Waals surface area (Å²) in [6, 6.07) is -0.537. The highest BCUT2D eigenvalue weighted by molar-refractivity contribution is 7.91. The highest BCUT2D eigenvalue weighted by Gasteiger charge is 2.27. The summed E-state index contributed by atoms with van der Waals surface area (Å²) in [6.45, 7) is 2.24. The van der Waals surface area contributed by atoms with Crippen molar-refractivity contribution in [2.45, 2.75) is 31.1 Å². The molecule has 0 aliphatic carbocycles. The molecule has 1 aliphatic heterocycles. The number of allylic oxidation sites excluding steroid dienone is 1. The average molecular weight is 219 g/mol. The molecule has 0 aromatic heterocycles. The van der Waals surface area contributed by atoms with Crippen molar-refractivity contribution in [3.63, 3.8) is 0 Å². The van der Waals surface area contributed by atoms with Gasteiger partial charge in [0.2, 0.25) is 0 Å². The van der Waals surface area contributed by atoms with E-state index in [1.807, 2.05) is 6.08 Å². The third-order valence-electron chi connectivity index (χ3n) is 2.47. The van der Waals surface area contributed by atoms with E-state index in [4.69, 9.17) is 10.5 Å². The molecule has 0 bridgehead atoms. The molecule has 4 nitrogen and oxygen atoms in total. The molecular weight excluding hydrogens is 202 g/mol. The average Bonchev–Trinajstić information content (AvgIpc) is 2.15. The second-order valence-corrected chi connectivity index (χ2v) is 6.06. The van der Waals surface area contributed by atoms with E-state index in [1.165, 1.54) is 6.26 Å². The molecule has 2 N–H and O–H groups in total. The molecule has 14 heavy (non-hydrogen) atoms. The van der Waals surface area contributed by atoms with Gasteiger partial charge in [0.25, 0.3) is 0 Å². The third-order valence-corrected chi connectivity index (χ3v) is 4.12. The van der Waals surface area contributed by atoms with Gasteiger partial charge in [-0.25, -0.2) is 8.42 Å². The summed E-state index contributed by atoms with van der Waals surface area (Å²) in [5, 5.41) is -0.591. The van der Waals surface area contributed by atoms with E-state index < -0.39 is 21.1 Å². The predicted octanol–water partition coefficient (Wildman–Crippen LogP) is 0.441. The first-order valence-corrected chi connectivity index (χ1v) is 6.65. The Labute approximate surface area is 85.0 Å². The van der Waals surface area contributed by atoms with Crippen molar-refractivity contribution >= 4 is 9.84 Å². The monoisotopic (exact) mass is 219 g/mol. The van der Waals surface area contributed by atoms with Crippen LogP contribution in [0, 0.1) is 0 Å². The number of nitrogens with two attached hydrogens (primary N) is 1. The first kappa shape index (κ1) is 11.5. The lowest BCUT2D eigenvalue weighted by Gasteiger charge is -2.24. The molecule has 0 aromatic carbocycles. The van der Waals surface area contributed by atoms with E-state index >= 15 is 0 Å². The Kier molecular flexibility index (Phi) is 3.55. The van der Waals surface area contributed by atoms with Crippen LogP contribution in [-0.4, -0.2) is 32.6 Å². The maximum atomic E-state index is 11.3. The second-order valence-electron chi connectivity index (χ2n) is 3.66. The molecule has 0 saturated heterocycles. The molecule has 0 aromatic rings. The predicted molar refractivity (Wildman–Crippen MR) is 55.6 cm³/mol. The molecule has 82 valence electrons. The summed E-state index contributed by atoms with van der Waals surface area (Å²) in [7, 11) is -3.10. The van der Waals surface area contributed by atoms with Gasteiger partial charge >= 0.3 is 0 Å². The fourth-order valence-electron chi connectivity index (χ4n) is 1.31. The molecule has 1 heterocycles. The molecule has 0 amide bonds. The Morgan fingerprint density at radius 2 is 2.21 bits per heavy atom. The van der Waals surface area contributed by atoms with Gasteiger partial charge in [0.1, 0.15) is 5.76 Å². The highest BCUT2D eigenvalue weighted by atomic mass is 32.2. The minimum atomic E-state index is -3.10. The molecule has 5 heteroatoms. The van der Waals surface area contributed by atoms with Crippen LogP contribution in [0.2, 0.25) is 0 Å². The van der Waals surface area contributed by atoms with Crippen LogP contribution in [-0.2, 0) is 14.6 Å². The molecular formula is C9H17NO3S. The van der Waals surface area contributed by atoms with Gasteiger partial charge in [0.05, 0.1) is 17.9 Å². The first-order chi connectivity index (χ1) is 6.43. The zero-order chi connectivity index (χ0) is 10.8. The number of rotatable bonds is 3. The van der Waals surface area contributed by atoms with Gasteiger partial charge in [-0.1, -0.05) is 0 Å². The third kappa shape index (κ3) is 2.72. The summed E-state index contributed by atoms with van der Waals surface area (Å²) >= 11 is 0. The van der Waals surface area contributed by atoms with Crippen molar-refractivity contribution in [2.24, 2.45) is 5.73 Å². The van der Waals surface area contributed by atoms with Gasteiger partial charge in [0, 0.05) is 6.26 Å². The molecule has 2 atom stereocenters. The quantitative estimate of drug-likeness (QED) is 0.748. The number of hydrogen-bond donors (Lipinski definition) is 1. The van der Waals surface area contributed by atoms with Crippen molar-refractivity contribution in [3.05, 3.63) is 11.8 Å². The standard InChI is InChI=1S/C9H17NO3S/c1-7(14(2,11)12)9(10)8-5-3-4-6-13-8/h5,7,9H,3-4,6,10H2,1-2H3. The highest BCUT2D eigenvalue weighted by Crippen LogP contribution is 2.17. The number of ether oxygens (including phenoxy) is 1. The molecule has 1 aliphatic rings. The Bertz CT molecular complexity index is 321. The van der Waals surface area contributed by atoms with Crippen LogP contribution in [0.5, 0.6) is 0 Å². The zero-order valence-electron chi connectivity index (χ0n) is 8.56. The molecule has 0 fully saturated rings. The van der Waals surface area contributed by atoms with Gasteiger partial charge in [-0.15, -0.1) is 0 Å². The van der Waals surface area contributed by atoms with Crippen LogP contribution in [0.3, 0.4) is 0 Å². The molecule has 0 saturated carbocycles. The topological polar surface area (TPSA) is 69.4 Å². The Hall–Kier alpha value is -0.550. The lowest BCUT2D eigenvalue weighted by molar-refractivity contribution is 0.175. The van der Waals surface area contributed by atoms with Gasteiger partial charge in [-0.05, 0) is 25.8 Å². The van der Waals surface area contributed by atoms with E-state index in [-0.39, 0.29) is 0 Å². The minimum Gasteiger partial charge on any atom is -0.497 e. The van der Waals surface area contributed by atoms with Gasteiger partial charge in [-0.3, -0.25) is 0 Å². The summed E-state index contributed by atoms with van der Waals surface area (Å²) in [5.41, 5.74) is 5.81. The van der Waals surface area contributed by atoms with Crippen LogP contribution in [0.1, 0.15) is 19.8 Å². The smallest absolute Gasteiger partial charge is 0.152 e. The Balaban J connectivity index is 2.74. The van der Waals surface area contributed by atoms with Crippen molar-refractivity contribution in [2.75, 3.05) is 12.9 Å². The van der Waals surface area contributed by atoms with Crippen molar-refractivity contribution in [1.29, 1.82) is 0 Å². The molecule has 1 rings (SSSR count). The first-order valence-electron chi connectivity index (χ1n) is 4.70. The SMILES string of the molecule is CC(C(N)C1=CCCCO1)S(C)(=O)=O. The fourth-order valence-corrected chi connectivity index (χ4v) is 1.97. The summed E-state index contributed by atoms with van der Waals surface area (Å²) < 4.78 is 27.8.